The summed E-state index contributed by atoms with van der Waals surface area (Å²) in [4.78, 5) is 1.91. The predicted molar refractivity (Wildman–Crippen MR) is 59.8 cm³/mol. The Labute approximate surface area is 91.9 Å². The minimum Gasteiger partial charge on any atom is -0.353 e. The molecule has 6 heteroatoms. The molecule has 1 heterocycles. The van der Waals surface area contributed by atoms with Crippen molar-refractivity contribution in [2.45, 2.75) is 22.9 Å². The van der Waals surface area contributed by atoms with Crippen LogP contribution in [0.3, 0.4) is 0 Å². The summed E-state index contributed by atoms with van der Waals surface area (Å²) in [5.41, 5.74) is 0. The first kappa shape index (κ1) is 11.3. The van der Waals surface area contributed by atoms with Crippen molar-refractivity contribution in [3.63, 3.8) is 0 Å². The molecule has 0 radical (unpaired) electrons. The maximum atomic E-state index is 8.78. The van der Waals surface area contributed by atoms with Crippen molar-refractivity contribution < 1.29 is 0 Å². The van der Waals surface area contributed by atoms with Crippen molar-refractivity contribution in [1.29, 1.82) is 5.26 Å². The summed E-state index contributed by atoms with van der Waals surface area (Å²) in [5.74, 6) is 0. The fourth-order valence-corrected chi connectivity index (χ4v) is 2.57. The summed E-state index contributed by atoms with van der Waals surface area (Å²) < 4.78 is 0.863. The van der Waals surface area contributed by atoms with Crippen molar-refractivity contribution in [3.05, 3.63) is 0 Å². The summed E-state index contributed by atoms with van der Waals surface area (Å²) in [6, 6.07) is 2.23. The number of hydrogen-bond donors (Lipinski definition) is 0. The average Bonchev–Trinajstić information content (AvgIpc) is 2.62. The second-order valence-electron chi connectivity index (χ2n) is 2.89. The molecule has 0 aliphatic heterocycles. The zero-order valence-corrected chi connectivity index (χ0v) is 10.0. The van der Waals surface area contributed by atoms with Gasteiger partial charge in [-0.05, 0) is 6.42 Å². The minimum absolute atomic E-state index is 0.0158. The number of thioether (sulfide) groups is 1. The summed E-state index contributed by atoms with van der Waals surface area (Å²) in [5, 5.41) is 17.7. The highest BCUT2D eigenvalue weighted by Crippen LogP contribution is 2.30. The van der Waals surface area contributed by atoms with Gasteiger partial charge in [0, 0.05) is 14.1 Å². The van der Waals surface area contributed by atoms with Gasteiger partial charge in [0.1, 0.15) is 0 Å². The minimum atomic E-state index is -0.0158. The van der Waals surface area contributed by atoms with E-state index >= 15 is 0 Å². The molecular formula is C8H12N4S2. The van der Waals surface area contributed by atoms with Crippen molar-refractivity contribution in [1.82, 2.24) is 10.2 Å². The molecule has 0 saturated carbocycles. The van der Waals surface area contributed by atoms with Crippen molar-refractivity contribution >= 4 is 28.2 Å². The van der Waals surface area contributed by atoms with Gasteiger partial charge in [0.25, 0.3) is 0 Å². The maximum Gasteiger partial charge on any atom is 0.208 e. The normalized spacial score (nSPS) is 12.1. The molecule has 0 aliphatic carbocycles. The first-order valence-electron chi connectivity index (χ1n) is 4.24. The Morgan fingerprint density at radius 2 is 2.29 bits per heavy atom. The third-order valence-electron chi connectivity index (χ3n) is 1.54. The van der Waals surface area contributed by atoms with Gasteiger partial charge in [-0.1, -0.05) is 30.0 Å². The smallest absolute Gasteiger partial charge is 0.208 e. The van der Waals surface area contributed by atoms with Crippen LogP contribution >= 0.6 is 23.1 Å². The molecule has 1 aromatic heterocycles. The molecule has 1 aromatic rings. The van der Waals surface area contributed by atoms with E-state index in [1.54, 1.807) is 0 Å². The van der Waals surface area contributed by atoms with Gasteiger partial charge in [-0.25, -0.2) is 0 Å². The van der Waals surface area contributed by atoms with E-state index in [4.69, 9.17) is 5.26 Å². The van der Waals surface area contributed by atoms with E-state index < -0.39 is 0 Å². The van der Waals surface area contributed by atoms with Crippen LogP contribution in [0.15, 0.2) is 4.34 Å². The van der Waals surface area contributed by atoms with E-state index in [0.29, 0.717) is 0 Å². The van der Waals surface area contributed by atoms with E-state index in [-0.39, 0.29) is 5.25 Å². The predicted octanol–water partition coefficient (Wildman–Crippen LogP) is 2.00. The Balaban J connectivity index is 2.64. The van der Waals surface area contributed by atoms with Crippen LogP contribution in [0, 0.1) is 11.3 Å². The van der Waals surface area contributed by atoms with Gasteiger partial charge in [-0.2, -0.15) is 5.26 Å². The number of aromatic nitrogens is 2. The van der Waals surface area contributed by atoms with E-state index in [2.05, 4.69) is 16.3 Å². The molecule has 0 fully saturated rings. The number of hydrogen-bond acceptors (Lipinski definition) is 6. The summed E-state index contributed by atoms with van der Waals surface area (Å²) in [7, 11) is 3.85. The second kappa shape index (κ2) is 5.17. The monoisotopic (exact) mass is 228 g/mol. The van der Waals surface area contributed by atoms with Crippen LogP contribution in [-0.2, 0) is 0 Å². The standard InChI is InChI=1S/C8H12N4S2/c1-4-6(5-9)13-8-11-10-7(14-8)12(2)3/h6H,4H2,1-3H3. The number of nitriles is 1. The van der Waals surface area contributed by atoms with Crippen LogP contribution < -0.4 is 4.90 Å². The van der Waals surface area contributed by atoms with E-state index in [1.807, 2.05) is 25.9 Å². The third kappa shape index (κ3) is 2.86. The molecule has 1 unspecified atom stereocenters. The number of nitrogens with zero attached hydrogens (tertiary/aromatic N) is 4. The van der Waals surface area contributed by atoms with Gasteiger partial charge in [0.05, 0.1) is 11.3 Å². The zero-order valence-electron chi connectivity index (χ0n) is 8.39. The van der Waals surface area contributed by atoms with Crippen LogP contribution in [0.2, 0.25) is 0 Å². The first-order chi connectivity index (χ1) is 6.67. The molecule has 1 rings (SSSR count). The zero-order chi connectivity index (χ0) is 10.6. The molecule has 0 amide bonds. The van der Waals surface area contributed by atoms with Gasteiger partial charge in [-0.3, -0.25) is 0 Å². The summed E-state index contributed by atoms with van der Waals surface area (Å²) in [6.45, 7) is 1.99. The molecule has 0 bridgehead atoms. The Morgan fingerprint density at radius 1 is 1.57 bits per heavy atom. The molecule has 1 atom stereocenters. The van der Waals surface area contributed by atoms with E-state index in [9.17, 15) is 0 Å². The molecule has 0 N–H and O–H groups in total. The van der Waals surface area contributed by atoms with Gasteiger partial charge < -0.3 is 4.90 Å². The van der Waals surface area contributed by atoms with E-state index in [0.717, 1.165) is 15.9 Å². The third-order valence-corrected chi connectivity index (χ3v) is 3.97. The maximum absolute atomic E-state index is 8.78. The van der Waals surface area contributed by atoms with Crippen LogP contribution in [0.5, 0.6) is 0 Å². The average molecular weight is 228 g/mol. The van der Waals surface area contributed by atoms with Crippen LogP contribution in [0.4, 0.5) is 5.13 Å². The summed E-state index contributed by atoms with van der Waals surface area (Å²) in [6.07, 6.45) is 0.831. The van der Waals surface area contributed by atoms with Crippen LogP contribution in [-0.4, -0.2) is 29.5 Å². The molecule has 4 nitrogen and oxygen atoms in total. The second-order valence-corrected chi connectivity index (χ2v) is 5.29. The quantitative estimate of drug-likeness (QED) is 0.738. The van der Waals surface area contributed by atoms with Gasteiger partial charge in [-0.15, -0.1) is 10.2 Å². The molecule has 76 valence electrons. The molecule has 0 aromatic carbocycles. The molecular weight excluding hydrogens is 216 g/mol. The van der Waals surface area contributed by atoms with Crippen molar-refractivity contribution in [3.8, 4) is 6.07 Å². The Morgan fingerprint density at radius 3 is 2.71 bits per heavy atom. The Bertz CT molecular complexity index is 328. The Hall–Kier alpha value is -0.800. The Kier molecular flexibility index (Phi) is 4.17. The van der Waals surface area contributed by atoms with Crippen molar-refractivity contribution in [2.75, 3.05) is 19.0 Å². The first-order valence-corrected chi connectivity index (χ1v) is 5.94. The lowest BCUT2D eigenvalue weighted by Crippen LogP contribution is -2.07. The highest BCUT2D eigenvalue weighted by molar-refractivity contribution is 8.01. The largest absolute Gasteiger partial charge is 0.353 e. The number of rotatable bonds is 4. The van der Waals surface area contributed by atoms with Gasteiger partial charge in [0.15, 0.2) is 4.34 Å². The lowest BCUT2D eigenvalue weighted by Gasteiger charge is -2.04. The lowest BCUT2D eigenvalue weighted by atomic mass is 10.4. The highest BCUT2D eigenvalue weighted by atomic mass is 32.2. The van der Waals surface area contributed by atoms with E-state index in [1.165, 1.54) is 23.1 Å². The fourth-order valence-electron chi connectivity index (χ4n) is 0.754. The van der Waals surface area contributed by atoms with Gasteiger partial charge >= 0.3 is 0 Å². The SMILES string of the molecule is CCC(C#N)Sc1nnc(N(C)C)s1. The van der Waals surface area contributed by atoms with Crippen molar-refractivity contribution in [2.24, 2.45) is 0 Å². The number of anilines is 1. The molecule has 0 aliphatic rings. The molecule has 0 spiro atoms. The summed E-state index contributed by atoms with van der Waals surface area (Å²) >= 11 is 3.00. The fraction of sp³-hybridized carbons (Fsp3) is 0.625. The molecule has 14 heavy (non-hydrogen) atoms. The van der Waals surface area contributed by atoms with Crippen LogP contribution in [0.1, 0.15) is 13.3 Å². The topological polar surface area (TPSA) is 52.8 Å². The molecule has 0 saturated heterocycles. The lowest BCUT2D eigenvalue weighted by molar-refractivity contribution is 0.954. The highest BCUT2D eigenvalue weighted by Gasteiger charge is 2.11. The van der Waals surface area contributed by atoms with Crippen LogP contribution in [0.25, 0.3) is 0 Å². The van der Waals surface area contributed by atoms with Gasteiger partial charge in [0.2, 0.25) is 5.13 Å².